The van der Waals surface area contributed by atoms with Gasteiger partial charge in [0.15, 0.2) is 6.10 Å². The molecule has 0 saturated carbocycles. The Morgan fingerprint density at radius 1 is 1.11 bits per heavy atom. The lowest BCUT2D eigenvalue weighted by molar-refractivity contribution is -0.112. The SMILES string of the molecule is CO[C@H]1C[C@H](C)Cc2cc(O)cc(c2)NC(=O)/C(C)=C\CC[C@H](OC)[C@@H](OC(N)=O)/C(C)=C\[C@H](C)[C@H]1O. The number of fused-ring (bicyclic) bond motifs is 2. The highest BCUT2D eigenvalue weighted by Gasteiger charge is 2.30. The van der Waals surface area contributed by atoms with E-state index in [0.717, 1.165) is 5.56 Å². The molecule has 2 rings (SSSR count). The Labute approximate surface area is 219 Å². The second kappa shape index (κ2) is 14.2. The summed E-state index contributed by atoms with van der Waals surface area (Å²) in [7, 11) is 3.09. The number of carbonyl (C=O) groups excluding carboxylic acids is 2. The highest BCUT2D eigenvalue weighted by Crippen LogP contribution is 2.27. The molecule has 2 bridgehead atoms. The van der Waals surface area contributed by atoms with Gasteiger partial charge in [-0.1, -0.05) is 26.0 Å². The molecule has 1 aromatic rings. The fraction of sp³-hybridized carbons (Fsp3) is 0.571. The van der Waals surface area contributed by atoms with Crippen molar-refractivity contribution < 1.29 is 34.0 Å². The quantitative estimate of drug-likeness (QED) is 0.442. The zero-order valence-corrected chi connectivity index (χ0v) is 22.7. The number of amides is 2. The van der Waals surface area contributed by atoms with Gasteiger partial charge in [-0.25, -0.2) is 4.79 Å². The standard InChI is InChI=1S/C28H42N2O7/c1-16-10-20-13-21(15-22(31)14-20)30-27(33)17(2)8-7-9-23(35-5)26(37-28(29)34)19(4)12-18(3)25(32)24(11-16)36-6/h8,12-16,18,23-26,31-32H,7,9-11H2,1-6H3,(H2,29,34)(H,30,33)/b17-8-,19-12-/t16-,18+,23+,24+,25-,26+/m1/s1. The third kappa shape index (κ3) is 9.18. The summed E-state index contributed by atoms with van der Waals surface area (Å²) in [6.45, 7) is 7.44. The summed E-state index contributed by atoms with van der Waals surface area (Å²) in [4.78, 5) is 24.4. The number of ether oxygens (including phenoxy) is 3. The maximum Gasteiger partial charge on any atom is 0.405 e. The van der Waals surface area contributed by atoms with E-state index >= 15 is 0 Å². The summed E-state index contributed by atoms with van der Waals surface area (Å²) < 4.78 is 16.7. The molecular formula is C28H42N2O7. The van der Waals surface area contributed by atoms with E-state index in [-0.39, 0.29) is 23.5 Å². The second-order valence-electron chi connectivity index (χ2n) is 10.0. The van der Waals surface area contributed by atoms with Crippen LogP contribution in [-0.2, 0) is 25.4 Å². The molecule has 0 radical (unpaired) electrons. The number of phenols is 1. The summed E-state index contributed by atoms with van der Waals surface area (Å²) in [6, 6.07) is 5.02. The molecule has 1 aromatic carbocycles. The highest BCUT2D eigenvalue weighted by atomic mass is 16.6. The number of aromatic hydroxyl groups is 1. The van der Waals surface area contributed by atoms with Crippen molar-refractivity contribution in [3.63, 3.8) is 0 Å². The van der Waals surface area contributed by atoms with Gasteiger partial charge in [-0.3, -0.25) is 4.79 Å². The zero-order valence-electron chi connectivity index (χ0n) is 22.7. The molecule has 5 N–H and O–H groups in total. The minimum absolute atomic E-state index is 0.0634. The Kier molecular flexibility index (Phi) is 11.6. The number of benzene rings is 1. The molecule has 37 heavy (non-hydrogen) atoms. The number of methoxy groups -OCH3 is 2. The first kappa shape index (κ1) is 30.3. The number of nitrogens with two attached hydrogens (primary N) is 1. The summed E-state index contributed by atoms with van der Waals surface area (Å²) in [5.41, 5.74) is 7.92. The molecule has 2 amide bonds. The van der Waals surface area contributed by atoms with Crippen LogP contribution >= 0.6 is 0 Å². The number of rotatable bonds is 3. The molecule has 0 aromatic heterocycles. The lowest BCUT2D eigenvalue weighted by atomic mass is 9.88. The van der Waals surface area contributed by atoms with Crippen LogP contribution in [-0.4, -0.2) is 60.8 Å². The van der Waals surface area contributed by atoms with Crippen LogP contribution in [0.25, 0.3) is 0 Å². The first-order valence-corrected chi connectivity index (χ1v) is 12.6. The molecule has 1 aliphatic heterocycles. The summed E-state index contributed by atoms with van der Waals surface area (Å²) >= 11 is 0. The first-order chi connectivity index (χ1) is 17.4. The molecule has 1 aliphatic rings. The molecule has 9 heteroatoms. The molecule has 9 nitrogen and oxygen atoms in total. The van der Waals surface area contributed by atoms with Gasteiger partial charge >= 0.3 is 6.09 Å². The maximum absolute atomic E-state index is 12.8. The maximum atomic E-state index is 12.8. The van der Waals surface area contributed by atoms with Crippen LogP contribution in [0.4, 0.5) is 10.5 Å². The topological polar surface area (TPSA) is 140 Å². The largest absolute Gasteiger partial charge is 0.508 e. The molecule has 206 valence electrons. The van der Waals surface area contributed by atoms with Crippen LogP contribution in [0.1, 0.15) is 52.5 Å². The molecule has 0 unspecified atom stereocenters. The van der Waals surface area contributed by atoms with Gasteiger partial charge in [-0.2, -0.15) is 0 Å². The smallest absolute Gasteiger partial charge is 0.405 e. The normalized spacial score (nSPS) is 31.4. The summed E-state index contributed by atoms with van der Waals surface area (Å²) in [5.74, 6) is -0.427. The number of carbonyl (C=O) groups is 2. The van der Waals surface area contributed by atoms with Gasteiger partial charge in [0.1, 0.15) is 5.75 Å². The summed E-state index contributed by atoms with van der Waals surface area (Å²) in [5, 5.41) is 24.2. The predicted octanol–water partition coefficient (Wildman–Crippen LogP) is 4.08. The highest BCUT2D eigenvalue weighted by molar-refractivity contribution is 6.03. The minimum Gasteiger partial charge on any atom is -0.508 e. The first-order valence-electron chi connectivity index (χ1n) is 12.6. The van der Waals surface area contributed by atoms with Crippen molar-refractivity contribution in [2.75, 3.05) is 19.5 Å². The van der Waals surface area contributed by atoms with E-state index in [4.69, 9.17) is 19.9 Å². The zero-order chi connectivity index (χ0) is 27.7. The van der Waals surface area contributed by atoms with E-state index in [2.05, 4.69) is 5.32 Å². The van der Waals surface area contributed by atoms with E-state index in [0.29, 0.717) is 42.5 Å². The van der Waals surface area contributed by atoms with E-state index in [1.54, 1.807) is 26.2 Å². The van der Waals surface area contributed by atoms with Crippen molar-refractivity contribution in [3.05, 3.63) is 47.1 Å². The molecule has 0 spiro atoms. The van der Waals surface area contributed by atoms with E-state index < -0.39 is 30.5 Å². The van der Waals surface area contributed by atoms with Crippen LogP contribution in [0, 0.1) is 11.8 Å². The number of hydrogen-bond acceptors (Lipinski definition) is 7. The van der Waals surface area contributed by atoms with Crippen LogP contribution in [0.15, 0.2) is 41.5 Å². The number of anilines is 1. The molecule has 6 atom stereocenters. The van der Waals surface area contributed by atoms with Gasteiger partial charge in [0.25, 0.3) is 5.91 Å². The molecular weight excluding hydrogens is 476 g/mol. The fourth-order valence-corrected chi connectivity index (χ4v) is 4.83. The molecule has 1 heterocycles. The Morgan fingerprint density at radius 3 is 2.41 bits per heavy atom. The third-order valence-electron chi connectivity index (χ3n) is 6.79. The van der Waals surface area contributed by atoms with Gasteiger partial charge in [0.05, 0.1) is 18.3 Å². The number of nitrogens with one attached hydrogen (secondary N) is 1. The molecule has 0 saturated heterocycles. The Morgan fingerprint density at radius 2 is 1.78 bits per heavy atom. The second-order valence-corrected chi connectivity index (χ2v) is 10.0. The van der Waals surface area contributed by atoms with Gasteiger partial charge in [0.2, 0.25) is 0 Å². The lowest BCUT2D eigenvalue weighted by Gasteiger charge is -2.30. The number of hydrogen-bond donors (Lipinski definition) is 4. The monoisotopic (exact) mass is 518 g/mol. The average molecular weight is 519 g/mol. The number of primary amides is 1. The van der Waals surface area contributed by atoms with Gasteiger partial charge in [-0.05, 0) is 68.7 Å². The Hall–Kier alpha value is -2.88. The number of aliphatic hydroxyl groups excluding tert-OH is 1. The van der Waals surface area contributed by atoms with E-state index in [1.807, 2.05) is 32.9 Å². The van der Waals surface area contributed by atoms with Crippen molar-refractivity contribution in [1.29, 1.82) is 0 Å². The van der Waals surface area contributed by atoms with Gasteiger partial charge in [0, 0.05) is 37.5 Å². The van der Waals surface area contributed by atoms with Crippen molar-refractivity contribution >= 4 is 17.7 Å². The van der Waals surface area contributed by atoms with Crippen LogP contribution in [0.2, 0.25) is 0 Å². The van der Waals surface area contributed by atoms with Crippen LogP contribution < -0.4 is 11.1 Å². The number of phenolic OH excluding ortho intramolecular Hbond substituents is 1. The fourth-order valence-electron chi connectivity index (χ4n) is 4.83. The van der Waals surface area contributed by atoms with Gasteiger partial charge in [-0.15, -0.1) is 0 Å². The van der Waals surface area contributed by atoms with Crippen LogP contribution in [0.3, 0.4) is 0 Å². The van der Waals surface area contributed by atoms with E-state index in [1.165, 1.54) is 13.2 Å². The third-order valence-corrected chi connectivity index (χ3v) is 6.79. The Bertz CT molecular complexity index is 991. The number of aliphatic hydroxyl groups is 1. The van der Waals surface area contributed by atoms with Crippen LogP contribution in [0.5, 0.6) is 5.75 Å². The van der Waals surface area contributed by atoms with Crippen molar-refractivity contribution in [3.8, 4) is 5.75 Å². The van der Waals surface area contributed by atoms with E-state index in [9.17, 15) is 19.8 Å². The molecule has 0 aliphatic carbocycles. The van der Waals surface area contributed by atoms with Crippen molar-refractivity contribution in [1.82, 2.24) is 0 Å². The molecule has 0 fully saturated rings. The lowest BCUT2D eigenvalue weighted by Crippen LogP contribution is -2.37. The van der Waals surface area contributed by atoms with Gasteiger partial charge < -0.3 is 35.5 Å². The predicted molar refractivity (Wildman–Crippen MR) is 142 cm³/mol. The summed E-state index contributed by atoms with van der Waals surface area (Å²) in [6.07, 6.45) is 2.29. The van der Waals surface area contributed by atoms with Crippen molar-refractivity contribution in [2.24, 2.45) is 17.6 Å². The Balaban J connectivity index is 2.47. The average Bonchev–Trinajstić information content (AvgIpc) is 2.82. The number of allylic oxidation sites excluding steroid dienone is 1. The van der Waals surface area contributed by atoms with Crippen molar-refractivity contribution in [2.45, 2.75) is 77.8 Å². The minimum atomic E-state index is -0.925.